The molecule has 122 valence electrons. The van der Waals surface area contributed by atoms with E-state index in [0.717, 1.165) is 5.82 Å². The molecule has 7 nitrogen and oxygen atoms in total. The quantitative estimate of drug-likeness (QED) is 0.865. The molecule has 0 spiro atoms. The zero-order chi connectivity index (χ0) is 16.2. The monoisotopic (exact) mass is 326 g/mol. The van der Waals surface area contributed by atoms with Crippen molar-refractivity contribution in [3.8, 4) is 0 Å². The summed E-state index contributed by atoms with van der Waals surface area (Å²) in [6.45, 7) is 4.72. The maximum atomic E-state index is 12.1. The highest BCUT2D eigenvalue weighted by atomic mass is 32.2. The van der Waals surface area contributed by atoms with Gasteiger partial charge >= 0.3 is 0 Å². The predicted octanol–water partition coefficient (Wildman–Crippen LogP) is 0.937. The van der Waals surface area contributed by atoms with Gasteiger partial charge in [0, 0.05) is 31.4 Å². The third-order valence-electron chi connectivity index (χ3n) is 4.09. The van der Waals surface area contributed by atoms with E-state index in [4.69, 9.17) is 0 Å². The average molecular weight is 326 g/mol. The number of amides is 1. The summed E-state index contributed by atoms with van der Waals surface area (Å²) in [6, 6.07) is 0. The maximum absolute atomic E-state index is 12.1. The zero-order valence-corrected chi connectivity index (χ0v) is 13.7. The predicted molar refractivity (Wildman–Crippen MR) is 83.8 cm³/mol. The van der Waals surface area contributed by atoms with Gasteiger partial charge in [0.15, 0.2) is 0 Å². The van der Waals surface area contributed by atoms with Crippen LogP contribution in [0.15, 0.2) is 18.6 Å². The molecule has 1 unspecified atom stereocenters. The minimum absolute atomic E-state index is 0.272. The molecule has 1 atom stereocenters. The van der Waals surface area contributed by atoms with Gasteiger partial charge in [-0.15, -0.1) is 0 Å². The molecule has 1 amide bonds. The van der Waals surface area contributed by atoms with Gasteiger partial charge in [0.05, 0.1) is 11.4 Å². The van der Waals surface area contributed by atoms with Crippen molar-refractivity contribution < 1.29 is 13.2 Å². The van der Waals surface area contributed by atoms with E-state index in [2.05, 4.69) is 19.6 Å². The molecule has 2 heterocycles. The van der Waals surface area contributed by atoms with Crippen molar-refractivity contribution in [2.75, 3.05) is 18.0 Å². The molecule has 0 bridgehead atoms. The molecule has 0 radical (unpaired) electrons. The summed E-state index contributed by atoms with van der Waals surface area (Å²) in [6.07, 6.45) is 6.63. The van der Waals surface area contributed by atoms with Crippen molar-refractivity contribution >= 4 is 21.7 Å². The molecule has 0 aliphatic carbocycles. The Balaban J connectivity index is 1.90. The maximum Gasteiger partial charge on any atom is 0.237 e. The van der Waals surface area contributed by atoms with Crippen molar-refractivity contribution in [2.24, 2.45) is 5.92 Å². The summed E-state index contributed by atoms with van der Waals surface area (Å²) in [5.74, 6) is 0.124. The Morgan fingerprint density at radius 2 is 2.09 bits per heavy atom. The van der Waals surface area contributed by atoms with Crippen LogP contribution in [0.25, 0.3) is 0 Å². The van der Waals surface area contributed by atoms with Gasteiger partial charge in [-0.3, -0.25) is 14.5 Å². The summed E-state index contributed by atoms with van der Waals surface area (Å²) in [5.41, 5.74) is 0. The Bertz CT molecular complexity index is 598. The van der Waals surface area contributed by atoms with Crippen LogP contribution in [0, 0.1) is 5.92 Å². The first-order valence-electron chi connectivity index (χ1n) is 7.50. The number of piperidine rings is 1. The fourth-order valence-corrected chi connectivity index (χ4v) is 3.46. The number of nitrogens with one attached hydrogen (secondary N) is 1. The lowest BCUT2D eigenvalue weighted by Gasteiger charge is -2.31. The summed E-state index contributed by atoms with van der Waals surface area (Å²) in [4.78, 5) is 22.5. The van der Waals surface area contributed by atoms with Gasteiger partial charge in [0.2, 0.25) is 15.9 Å². The number of nitrogens with zero attached hydrogens (tertiary/aromatic N) is 3. The van der Waals surface area contributed by atoms with Crippen LogP contribution >= 0.6 is 0 Å². The van der Waals surface area contributed by atoms with E-state index in [1.807, 2.05) is 0 Å². The van der Waals surface area contributed by atoms with Crippen molar-refractivity contribution in [1.82, 2.24) is 14.7 Å². The van der Waals surface area contributed by atoms with Crippen LogP contribution in [0.1, 0.15) is 33.1 Å². The number of sulfonamides is 1. The Hall–Kier alpha value is -1.70. The molecule has 1 aliphatic rings. The Labute approximate surface area is 131 Å². The zero-order valence-electron chi connectivity index (χ0n) is 12.9. The average Bonchev–Trinajstić information content (AvgIpc) is 2.54. The highest BCUT2D eigenvalue weighted by molar-refractivity contribution is 7.90. The summed E-state index contributed by atoms with van der Waals surface area (Å²) >= 11 is 0. The molecule has 1 aliphatic heterocycles. The highest BCUT2D eigenvalue weighted by Crippen LogP contribution is 2.21. The van der Waals surface area contributed by atoms with Gasteiger partial charge in [-0.2, -0.15) is 0 Å². The van der Waals surface area contributed by atoms with Gasteiger partial charge in [-0.25, -0.2) is 13.4 Å². The van der Waals surface area contributed by atoms with Crippen molar-refractivity contribution in [1.29, 1.82) is 0 Å². The van der Waals surface area contributed by atoms with Crippen LogP contribution in [0.2, 0.25) is 0 Å². The van der Waals surface area contributed by atoms with Crippen LogP contribution in [-0.2, 0) is 14.8 Å². The largest absolute Gasteiger partial charge is 0.355 e. The second-order valence-corrected chi connectivity index (χ2v) is 7.65. The number of aromatic nitrogens is 2. The first-order chi connectivity index (χ1) is 10.4. The fraction of sp³-hybridized carbons (Fsp3) is 0.643. The minimum atomic E-state index is -3.56. The van der Waals surface area contributed by atoms with Crippen molar-refractivity contribution in [2.45, 2.75) is 38.4 Å². The van der Waals surface area contributed by atoms with Crippen LogP contribution in [0.3, 0.4) is 0 Å². The van der Waals surface area contributed by atoms with Crippen LogP contribution < -0.4 is 9.62 Å². The third-order valence-corrected chi connectivity index (χ3v) is 5.97. The molecule has 22 heavy (non-hydrogen) atoms. The molecule has 1 N–H and O–H groups in total. The smallest absolute Gasteiger partial charge is 0.237 e. The fourth-order valence-electron chi connectivity index (χ4n) is 2.37. The van der Waals surface area contributed by atoms with Crippen molar-refractivity contribution in [3.63, 3.8) is 0 Å². The highest BCUT2D eigenvalue weighted by Gasteiger charge is 2.29. The van der Waals surface area contributed by atoms with E-state index in [-0.39, 0.29) is 11.8 Å². The lowest BCUT2D eigenvalue weighted by atomic mass is 9.96. The number of hydrogen-bond acceptors (Lipinski definition) is 6. The van der Waals surface area contributed by atoms with E-state index in [0.29, 0.717) is 32.4 Å². The van der Waals surface area contributed by atoms with E-state index in [1.54, 1.807) is 32.4 Å². The SMILES string of the molecule is CCC(C)S(=O)(=O)NC(=O)C1CCN(c2cnccn2)CC1. The number of carbonyl (C=O) groups excluding carboxylic acids is 1. The first kappa shape index (κ1) is 16.7. The van der Waals surface area contributed by atoms with Gasteiger partial charge in [0.25, 0.3) is 0 Å². The second-order valence-electron chi connectivity index (χ2n) is 5.56. The molecular formula is C14H22N4O3S. The molecule has 0 aromatic carbocycles. The van der Waals surface area contributed by atoms with Gasteiger partial charge in [-0.05, 0) is 26.2 Å². The van der Waals surface area contributed by atoms with Crippen LogP contribution in [-0.4, -0.2) is 42.6 Å². The number of rotatable bonds is 5. The summed E-state index contributed by atoms with van der Waals surface area (Å²) in [7, 11) is -3.56. The van der Waals surface area contributed by atoms with E-state index >= 15 is 0 Å². The lowest BCUT2D eigenvalue weighted by Crippen LogP contribution is -2.44. The number of anilines is 1. The molecule has 1 aromatic heterocycles. The summed E-state index contributed by atoms with van der Waals surface area (Å²) in [5, 5.41) is -0.559. The van der Waals surface area contributed by atoms with Crippen LogP contribution in [0.4, 0.5) is 5.82 Å². The lowest BCUT2D eigenvalue weighted by molar-refractivity contribution is -0.123. The Morgan fingerprint density at radius 1 is 1.41 bits per heavy atom. The molecule has 8 heteroatoms. The minimum Gasteiger partial charge on any atom is -0.355 e. The molecule has 1 saturated heterocycles. The van der Waals surface area contributed by atoms with Gasteiger partial charge < -0.3 is 4.90 Å². The molecular weight excluding hydrogens is 304 g/mol. The molecule has 1 aromatic rings. The standard InChI is InChI=1S/C14H22N4O3S/c1-3-11(2)22(20,21)17-14(19)12-4-8-18(9-5-12)13-10-15-6-7-16-13/h6-7,10-12H,3-5,8-9H2,1-2H3,(H,17,19). The Kier molecular flexibility index (Phi) is 5.33. The summed E-state index contributed by atoms with van der Waals surface area (Å²) < 4.78 is 26.1. The first-order valence-corrected chi connectivity index (χ1v) is 9.05. The molecule has 0 saturated carbocycles. The topological polar surface area (TPSA) is 92.3 Å². The van der Waals surface area contributed by atoms with E-state index in [9.17, 15) is 13.2 Å². The van der Waals surface area contributed by atoms with Crippen molar-refractivity contribution in [3.05, 3.63) is 18.6 Å². The van der Waals surface area contributed by atoms with E-state index in [1.165, 1.54) is 0 Å². The van der Waals surface area contributed by atoms with Gasteiger partial charge in [-0.1, -0.05) is 6.92 Å². The second kappa shape index (κ2) is 7.04. The van der Waals surface area contributed by atoms with Gasteiger partial charge in [0.1, 0.15) is 5.82 Å². The van der Waals surface area contributed by atoms with Crippen LogP contribution in [0.5, 0.6) is 0 Å². The number of carbonyl (C=O) groups is 1. The third kappa shape index (κ3) is 3.94. The number of hydrogen-bond donors (Lipinski definition) is 1. The van der Waals surface area contributed by atoms with E-state index < -0.39 is 15.3 Å². The molecule has 1 fully saturated rings. The Morgan fingerprint density at radius 3 is 2.64 bits per heavy atom. The molecule has 2 rings (SSSR count). The normalized spacial score (nSPS) is 18.0.